The Morgan fingerprint density at radius 2 is 1.63 bits per heavy atom. The molecule has 3 fully saturated rings. The van der Waals surface area contributed by atoms with Crippen LogP contribution in [0, 0.1) is 52.3 Å². The largest absolute Gasteiger partial charge is 0.462 e. The molecule has 0 aromatic carbocycles. The van der Waals surface area contributed by atoms with E-state index in [1.54, 1.807) is 5.57 Å². The van der Waals surface area contributed by atoms with Gasteiger partial charge in [-0.1, -0.05) is 107 Å². The number of allylic oxidation sites excluding steroid dienone is 3. The van der Waals surface area contributed by atoms with Gasteiger partial charge in [0.2, 0.25) is 0 Å². The molecule has 222 valence electrons. The summed E-state index contributed by atoms with van der Waals surface area (Å²) in [6.07, 6.45) is 19.1. The van der Waals surface area contributed by atoms with Crippen LogP contribution in [0.4, 0.5) is 0 Å². The van der Waals surface area contributed by atoms with Gasteiger partial charge in [-0.3, -0.25) is 4.79 Å². The van der Waals surface area contributed by atoms with Crippen molar-refractivity contribution in [2.75, 3.05) is 0 Å². The molecule has 0 heterocycles. The smallest absolute Gasteiger partial charge is 0.308 e. The van der Waals surface area contributed by atoms with E-state index in [0.29, 0.717) is 16.7 Å². The summed E-state index contributed by atoms with van der Waals surface area (Å²) in [5, 5.41) is 0. The number of ether oxygens (including phenoxy) is 1. The van der Waals surface area contributed by atoms with Crippen molar-refractivity contribution in [3.8, 4) is 0 Å². The molecule has 4 aliphatic rings. The van der Waals surface area contributed by atoms with Crippen molar-refractivity contribution >= 4 is 5.97 Å². The predicted molar refractivity (Wildman–Crippen MR) is 167 cm³/mol. The van der Waals surface area contributed by atoms with Crippen molar-refractivity contribution < 1.29 is 9.53 Å². The van der Waals surface area contributed by atoms with Crippen LogP contribution in [0.3, 0.4) is 0 Å². The van der Waals surface area contributed by atoms with E-state index in [-0.39, 0.29) is 25.4 Å². The highest BCUT2D eigenvalue weighted by Crippen LogP contribution is 2.66. The molecule has 0 aromatic heterocycles. The van der Waals surface area contributed by atoms with Crippen LogP contribution < -0.4 is 0 Å². The van der Waals surface area contributed by atoms with E-state index >= 15 is 0 Å². The third-order valence-electron chi connectivity index (χ3n) is 10.9. The van der Waals surface area contributed by atoms with E-state index in [1.807, 2.05) is 41.5 Å². The number of esters is 1. The lowest BCUT2D eigenvalue weighted by Crippen LogP contribution is -2.50. The van der Waals surface area contributed by atoms with Gasteiger partial charge in [-0.25, -0.2) is 0 Å². The van der Waals surface area contributed by atoms with Crippen molar-refractivity contribution in [3.05, 3.63) is 23.8 Å². The summed E-state index contributed by atoms with van der Waals surface area (Å²) in [6.45, 7) is 24.1. The summed E-state index contributed by atoms with van der Waals surface area (Å²) in [7, 11) is 0. The van der Waals surface area contributed by atoms with Crippen LogP contribution in [-0.4, -0.2) is 12.1 Å². The number of rotatable bonds is 6. The van der Waals surface area contributed by atoms with Gasteiger partial charge >= 0.3 is 5.97 Å². The van der Waals surface area contributed by atoms with Gasteiger partial charge in [-0.15, -0.1) is 0 Å². The molecular formula is C36H66O2. The summed E-state index contributed by atoms with van der Waals surface area (Å²) in [5.41, 5.74) is 2.47. The molecule has 38 heavy (non-hydrogen) atoms. The molecule has 2 nitrogen and oxygen atoms in total. The maximum absolute atomic E-state index is 12.2. The quantitative estimate of drug-likeness (QED) is 0.252. The lowest BCUT2D eigenvalue weighted by Gasteiger charge is -2.58. The summed E-state index contributed by atoms with van der Waals surface area (Å²) >= 11 is 0. The first-order valence-electron chi connectivity index (χ1n) is 16.1. The van der Waals surface area contributed by atoms with E-state index in [0.717, 1.165) is 42.4 Å². The highest BCUT2D eigenvalue weighted by molar-refractivity contribution is 5.71. The lowest BCUT2D eigenvalue weighted by molar-refractivity contribution is -0.155. The van der Waals surface area contributed by atoms with E-state index in [1.165, 1.54) is 44.9 Å². The topological polar surface area (TPSA) is 26.3 Å². The van der Waals surface area contributed by atoms with Crippen LogP contribution in [0.25, 0.3) is 0 Å². The summed E-state index contributed by atoms with van der Waals surface area (Å²) in [6, 6.07) is 0. The van der Waals surface area contributed by atoms with Crippen LogP contribution in [0.2, 0.25) is 0 Å². The predicted octanol–water partition coefficient (Wildman–Crippen LogP) is 11.1. The summed E-state index contributed by atoms with van der Waals surface area (Å²) < 4.78 is 5.86. The Labute approximate surface area is 238 Å². The fourth-order valence-electron chi connectivity index (χ4n) is 8.20. The van der Waals surface area contributed by atoms with Gasteiger partial charge in [-0.05, 0) is 97.7 Å². The minimum atomic E-state index is -0.0298. The van der Waals surface area contributed by atoms with Crippen LogP contribution in [0.1, 0.15) is 141 Å². The minimum absolute atomic E-state index is 0. The average molecular weight is 531 g/mol. The number of carbonyl (C=O) groups is 1. The fourth-order valence-corrected chi connectivity index (χ4v) is 8.20. The second-order valence-corrected chi connectivity index (χ2v) is 13.3. The second-order valence-electron chi connectivity index (χ2n) is 13.3. The van der Waals surface area contributed by atoms with Gasteiger partial charge < -0.3 is 4.74 Å². The van der Waals surface area contributed by atoms with Crippen molar-refractivity contribution in [3.63, 3.8) is 0 Å². The molecule has 0 aromatic rings. The monoisotopic (exact) mass is 531 g/mol. The van der Waals surface area contributed by atoms with Gasteiger partial charge in [0.05, 0.1) is 5.92 Å². The van der Waals surface area contributed by atoms with E-state index in [4.69, 9.17) is 4.74 Å². The van der Waals surface area contributed by atoms with Gasteiger partial charge in [0.25, 0.3) is 0 Å². The zero-order chi connectivity index (χ0) is 28.0. The van der Waals surface area contributed by atoms with Crippen molar-refractivity contribution in [1.82, 2.24) is 0 Å². The maximum atomic E-state index is 12.2. The first-order chi connectivity index (χ1) is 17.6. The maximum Gasteiger partial charge on any atom is 0.308 e. The molecule has 4 aliphatic carbocycles. The van der Waals surface area contributed by atoms with Crippen LogP contribution >= 0.6 is 0 Å². The Morgan fingerprint density at radius 3 is 2.24 bits per heavy atom. The first kappa shape index (κ1) is 35.0. The van der Waals surface area contributed by atoms with Gasteiger partial charge in [0, 0.05) is 6.42 Å². The molecule has 0 spiro atoms. The van der Waals surface area contributed by atoms with Crippen LogP contribution in [0.5, 0.6) is 0 Å². The molecule has 0 saturated heterocycles. The average Bonchev–Trinajstić information content (AvgIpc) is 3.22. The molecule has 0 radical (unpaired) electrons. The third kappa shape index (κ3) is 7.17. The highest BCUT2D eigenvalue weighted by Gasteiger charge is 2.58. The number of hydrogen-bond acceptors (Lipinski definition) is 2. The molecule has 0 N–H and O–H groups in total. The van der Waals surface area contributed by atoms with E-state index < -0.39 is 0 Å². The fraction of sp³-hybridized carbons (Fsp3) is 0.861. The van der Waals surface area contributed by atoms with Gasteiger partial charge in [0.1, 0.15) is 6.10 Å². The SMILES string of the molecule is C.CC.CC.CC(C)C(=O)OC1CCC2(C)C(=CCC3C2CCC2(C)C(C/C=C/C(C)C(C)C)CCC32)C1. The third-order valence-corrected chi connectivity index (χ3v) is 10.9. The molecule has 3 saturated carbocycles. The Kier molecular flexibility index (Phi) is 13.9. The highest BCUT2D eigenvalue weighted by atomic mass is 16.5. The lowest BCUT2D eigenvalue weighted by atomic mass is 9.47. The van der Waals surface area contributed by atoms with E-state index in [2.05, 4.69) is 52.8 Å². The number of fused-ring (bicyclic) bond motifs is 5. The van der Waals surface area contributed by atoms with Crippen molar-refractivity contribution in [1.29, 1.82) is 0 Å². The van der Waals surface area contributed by atoms with Crippen LogP contribution in [0.15, 0.2) is 23.8 Å². The summed E-state index contributed by atoms with van der Waals surface area (Å²) in [5.74, 6) is 4.80. The molecule has 4 rings (SSSR count). The second kappa shape index (κ2) is 15.1. The molecular weight excluding hydrogens is 464 g/mol. The normalized spacial score (nSPS) is 36.3. The number of carbonyl (C=O) groups excluding carboxylic acids is 1. The van der Waals surface area contributed by atoms with Gasteiger partial charge in [-0.2, -0.15) is 0 Å². The summed E-state index contributed by atoms with van der Waals surface area (Å²) in [4.78, 5) is 12.2. The van der Waals surface area contributed by atoms with E-state index in [9.17, 15) is 4.79 Å². The first-order valence-corrected chi connectivity index (χ1v) is 16.1. The van der Waals surface area contributed by atoms with Crippen LogP contribution in [-0.2, 0) is 9.53 Å². The molecule has 0 aliphatic heterocycles. The Hall–Kier alpha value is -1.05. The molecule has 2 heteroatoms. The number of hydrogen-bond donors (Lipinski definition) is 0. The molecule has 8 unspecified atom stereocenters. The zero-order valence-corrected chi connectivity index (χ0v) is 26.5. The molecule has 8 atom stereocenters. The minimum Gasteiger partial charge on any atom is -0.462 e. The molecule has 0 amide bonds. The Morgan fingerprint density at radius 1 is 0.974 bits per heavy atom. The zero-order valence-electron chi connectivity index (χ0n) is 26.5. The standard InChI is InChI=1S/C31H50O2.2C2H6.CH4/c1-20(2)22(5)9-8-10-23-12-14-27-26-13-11-24-19-25(33-29(32)21(3)4)15-17-31(24,7)28(26)16-18-30(23,27)6;2*1-2;/h8-9,11,20-23,25-28H,10,12-19H2,1-7H3;2*1-2H3;1H4/b9-8+;;;. The molecule has 0 bridgehead atoms. The van der Waals surface area contributed by atoms with Crippen molar-refractivity contribution in [2.24, 2.45) is 52.3 Å². The van der Waals surface area contributed by atoms with Crippen molar-refractivity contribution in [2.45, 2.75) is 147 Å². The Bertz CT molecular complexity index is 776. The Balaban J connectivity index is 0.00000138. The van der Waals surface area contributed by atoms with Gasteiger partial charge in [0.15, 0.2) is 0 Å².